The van der Waals surface area contributed by atoms with Gasteiger partial charge in [-0.3, -0.25) is 24.5 Å². The summed E-state index contributed by atoms with van der Waals surface area (Å²) in [5.74, 6) is -3.07. The highest BCUT2D eigenvalue weighted by molar-refractivity contribution is 6.48. The first-order chi connectivity index (χ1) is 11.8. The number of nitrogen functional groups attached to an aromatic ring is 1. The lowest BCUT2D eigenvalue weighted by atomic mass is 10.2. The van der Waals surface area contributed by atoms with Crippen LogP contribution in [0.5, 0.6) is 0 Å². The molecule has 0 radical (unpaired) electrons. The van der Waals surface area contributed by atoms with Crippen molar-refractivity contribution < 1.29 is 19.3 Å². The predicted octanol–water partition coefficient (Wildman–Crippen LogP) is 1.70. The van der Waals surface area contributed by atoms with E-state index in [1.165, 1.54) is 42.5 Å². The predicted molar refractivity (Wildman–Crippen MR) is 90.7 cm³/mol. The van der Waals surface area contributed by atoms with Crippen LogP contribution in [0.4, 0.5) is 22.7 Å². The Balaban J connectivity index is 2.30. The zero-order chi connectivity index (χ0) is 18.6. The first kappa shape index (κ1) is 17.6. The number of nitro groups is 1. The largest absolute Gasteiger partial charge is 0.399 e. The van der Waals surface area contributed by atoms with Gasteiger partial charge in [-0.25, -0.2) is 4.90 Å². The van der Waals surface area contributed by atoms with E-state index in [2.05, 4.69) is 5.32 Å². The molecule has 3 amide bonds. The van der Waals surface area contributed by atoms with Crippen molar-refractivity contribution in [2.75, 3.05) is 16.0 Å². The van der Waals surface area contributed by atoms with Gasteiger partial charge in [-0.05, 0) is 24.3 Å². The van der Waals surface area contributed by atoms with E-state index in [0.717, 1.165) is 6.92 Å². The SMILES string of the molecule is CC(=O)N(C(=O)C(=O)Nc1ccccc1[N+](=O)[O-])c1cccc(N)c1. The molecule has 0 aliphatic carbocycles. The molecule has 0 spiro atoms. The summed E-state index contributed by atoms with van der Waals surface area (Å²) in [5, 5.41) is 13.1. The maximum absolute atomic E-state index is 12.4. The third kappa shape index (κ3) is 3.96. The minimum Gasteiger partial charge on any atom is -0.399 e. The van der Waals surface area contributed by atoms with E-state index in [9.17, 15) is 24.5 Å². The second-order valence-electron chi connectivity index (χ2n) is 4.98. The van der Waals surface area contributed by atoms with Gasteiger partial charge in [0.1, 0.15) is 5.69 Å². The maximum atomic E-state index is 12.4. The van der Waals surface area contributed by atoms with E-state index < -0.39 is 22.6 Å². The molecule has 0 fully saturated rings. The van der Waals surface area contributed by atoms with Crippen LogP contribution in [0.15, 0.2) is 48.5 Å². The molecule has 0 aliphatic heterocycles. The number of rotatable bonds is 3. The minimum atomic E-state index is -1.19. The Morgan fingerprint density at radius 2 is 1.80 bits per heavy atom. The molecule has 0 saturated carbocycles. The van der Waals surface area contributed by atoms with Crippen LogP contribution >= 0.6 is 0 Å². The Morgan fingerprint density at radius 3 is 2.40 bits per heavy atom. The Labute approximate surface area is 142 Å². The second-order valence-corrected chi connectivity index (χ2v) is 4.98. The molecule has 0 heterocycles. The number of para-hydroxylation sites is 2. The van der Waals surface area contributed by atoms with Crippen LogP contribution in [0.25, 0.3) is 0 Å². The van der Waals surface area contributed by atoms with Crippen LogP contribution in [0, 0.1) is 10.1 Å². The Hall–Kier alpha value is -3.75. The fourth-order valence-electron chi connectivity index (χ4n) is 2.12. The van der Waals surface area contributed by atoms with Crippen molar-refractivity contribution in [1.29, 1.82) is 0 Å². The van der Waals surface area contributed by atoms with Gasteiger partial charge >= 0.3 is 11.8 Å². The van der Waals surface area contributed by atoms with Crippen molar-refractivity contribution in [3.63, 3.8) is 0 Å². The number of anilines is 3. The van der Waals surface area contributed by atoms with Gasteiger partial charge in [-0.15, -0.1) is 0 Å². The monoisotopic (exact) mass is 342 g/mol. The molecule has 0 saturated heterocycles. The summed E-state index contributed by atoms with van der Waals surface area (Å²) >= 11 is 0. The number of nitrogens with one attached hydrogen (secondary N) is 1. The molecule has 25 heavy (non-hydrogen) atoms. The first-order valence-corrected chi connectivity index (χ1v) is 7.06. The van der Waals surface area contributed by atoms with Crippen molar-refractivity contribution in [1.82, 2.24) is 0 Å². The quantitative estimate of drug-likeness (QED) is 0.377. The van der Waals surface area contributed by atoms with Gasteiger partial charge in [-0.1, -0.05) is 18.2 Å². The fourth-order valence-corrected chi connectivity index (χ4v) is 2.12. The molecule has 128 valence electrons. The maximum Gasteiger partial charge on any atom is 0.323 e. The third-order valence-corrected chi connectivity index (χ3v) is 3.19. The highest BCUT2D eigenvalue weighted by atomic mass is 16.6. The van der Waals surface area contributed by atoms with Gasteiger partial charge in [-0.2, -0.15) is 0 Å². The summed E-state index contributed by atoms with van der Waals surface area (Å²) in [6.07, 6.45) is 0. The van der Waals surface area contributed by atoms with Gasteiger partial charge < -0.3 is 11.1 Å². The molecule has 0 unspecified atom stereocenters. The molecule has 0 aliphatic rings. The molecular weight excluding hydrogens is 328 g/mol. The molecule has 2 aromatic rings. The van der Waals surface area contributed by atoms with E-state index in [4.69, 9.17) is 5.73 Å². The number of nitrogens with two attached hydrogens (primary N) is 1. The van der Waals surface area contributed by atoms with Crippen LogP contribution < -0.4 is 16.0 Å². The van der Waals surface area contributed by atoms with Crippen LogP contribution in [0.3, 0.4) is 0 Å². The number of hydrogen-bond acceptors (Lipinski definition) is 6. The van der Waals surface area contributed by atoms with Crippen LogP contribution in [-0.4, -0.2) is 22.6 Å². The van der Waals surface area contributed by atoms with Crippen molar-refractivity contribution in [2.45, 2.75) is 6.92 Å². The lowest BCUT2D eigenvalue weighted by molar-refractivity contribution is -0.383. The second kappa shape index (κ2) is 7.21. The van der Waals surface area contributed by atoms with E-state index >= 15 is 0 Å². The minimum absolute atomic E-state index is 0.121. The summed E-state index contributed by atoms with van der Waals surface area (Å²) < 4.78 is 0. The highest BCUT2D eigenvalue weighted by Gasteiger charge is 2.28. The molecular formula is C16H14N4O5. The number of hydrogen-bond donors (Lipinski definition) is 2. The molecule has 9 nitrogen and oxygen atoms in total. The third-order valence-electron chi connectivity index (χ3n) is 3.19. The summed E-state index contributed by atoms with van der Waals surface area (Å²) in [4.78, 5) is 47.3. The van der Waals surface area contributed by atoms with Gasteiger partial charge in [0.15, 0.2) is 0 Å². The normalized spacial score (nSPS) is 9.96. The fraction of sp³-hybridized carbons (Fsp3) is 0.0625. The molecule has 2 rings (SSSR count). The number of nitrogens with zero attached hydrogens (tertiary/aromatic N) is 2. The number of carbonyl (C=O) groups excluding carboxylic acids is 3. The first-order valence-electron chi connectivity index (χ1n) is 7.06. The zero-order valence-electron chi connectivity index (χ0n) is 13.1. The van der Waals surface area contributed by atoms with Crippen molar-refractivity contribution in [3.8, 4) is 0 Å². The topological polar surface area (TPSA) is 136 Å². The van der Waals surface area contributed by atoms with Gasteiger partial charge in [0.25, 0.3) is 5.69 Å². The lowest BCUT2D eigenvalue weighted by Crippen LogP contribution is -2.42. The zero-order valence-corrected chi connectivity index (χ0v) is 13.1. The van der Waals surface area contributed by atoms with E-state index in [1.807, 2.05) is 0 Å². The van der Waals surface area contributed by atoms with Gasteiger partial charge in [0, 0.05) is 18.7 Å². The Kier molecular flexibility index (Phi) is 5.08. The highest BCUT2D eigenvalue weighted by Crippen LogP contribution is 2.24. The van der Waals surface area contributed by atoms with Crippen molar-refractivity contribution in [2.24, 2.45) is 0 Å². The number of benzene rings is 2. The standard InChI is InChI=1S/C16H14N4O5/c1-10(21)19(12-6-4-5-11(17)9-12)16(23)15(22)18-13-7-2-3-8-14(13)20(24)25/h2-9H,17H2,1H3,(H,18,22). The number of imide groups is 1. The average Bonchev–Trinajstić information content (AvgIpc) is 2.55. The summed E-state index contributed by atoms with van der Waals surface area (Å²) in [6.45, 7) is 1.11. The number of carbonyl (C=O) groups is 3. The van der Waals surface area contributed by atoms with Crippen molar-refractivity contribution in [3.05, 3.63) is 58.6 Å². The Morgan fingerprint density at radius 1 is 1.12 bits per heavy atom. The number of nitro benzene ring substituents is 1. The average molecular weight is 342 g/mol. The molecule has 0 aromatic heterocycles. The summed E-state index contributed by atoms with van der Waals surface area (Å²) in [5.41, 5.74) is 5.52. The van der Waals surface area contributed by atoms with E-state index in [0.29, 0.717) is 10.6 Å². The van der Waals surface area contributed by atoms with E-state index in [1.54, 1.807) is 6.07 Å². The summed E-state index contributed by atoms with van der Waals surface area (Å²) in [7, 11) is 0. The van der Waals surface area contributed by atoms with Crippen LogP contribution in [0.2, 0.25) is 0 Å². The molecule has 3 N–H and O–H groups in total. The van der Waals surface area contributed by atoms with Crippen molar-refractivity contribution >= 4 is 40.5 Å². The number of amides is 3. The molecule has 9 heteroatoms. The van der Waals surface area contributed by atoms with Crippen LogP contribution in [-0.2, 0) is 14.4 Å². The van der Waals surface area contributed by atoms with E-state index in [-0.39, 0.29) is 17.1 Å². The molecule has 0 atom stereocenters. The molecule has 2 aromatic carbocycles. The summed E-state index contributed by atoms with van der Waals surface area (Å²) in [6, 6.07) is 11.2. The molecule has 0 bridgehead atoms. The smallest absolute Gasteiger partial charge is 0.323 e. The lowest BCUT2D eigenvalue weighted by Gasteiger charge is -2.19. The van der Waals surface area contributed by atoms with Gasteiger partial charge in [0.05, 0.1) is 10.6 Å². The van der Waals surface area contributed by atoms with Gasteiger partial charge in [0.2, 0.25) is 5.91 Å². The van der Waals surface area contributed by atoms with Crippen LogP contribution in [0.1, 0.15) is 6.92 Å². The Bertz CT molecular complexity index is 865.